The van der Waals surface area contributed by atoms with Gasteiger partial charge in [0.25, 0.3) is 11.8 Å². The summed E-state index contributed by atoms with van der Waals surface area (Å²) in [6.07, 6.45) is 9.88. The van der Waals surface area contributed by atoms with Crippen molar-refractivity contribution >= 4 is 11.8 Å². The van der Waals surface area contributed by atoms with E-state index in [1.165, 1.54) is 18.1 Å². The van der Waals surface area contributed by atoms with Gasteiger partial charge < -0.3 is 20.1 Å². The zero-order valence-corrected chi connectivity index (χ0v) is 14.1. The molecule has 1 saturated heterocycles. The van der Waals surface area contributed by atoms with E-state index in [0.717, 1.165) is 12.1 Å². The smallest absolute Gasteiger partial charge is 0.268 e. The summed E-state index contributed by atoms with van der Waals surface area (Å²) in [5, 5.41) is 13.1. The summed E-state index contributed by atoms with van der Waals surface area (Å²) in [6, 6.07) is 0. The SMILES string of the molecule is C=C/C=C(/CNC(=O)C1(O)CCN(C2=CCC(C)C=C2)C1=O)OC. The number of carbonyl (C=O) groups excluding carboxylic acids is 2. The lowest BCUT2D eigenvalue weighted by Crippen LogP contribution is -2.52. The highest BCUT2D eigenvalue weighted by Crippen LogP contribution is 2.29. The summed E-state index contributed by atoms with van der Waals surface area (Å²) in [5.41, 5.74) is -1.30. The van der Waals surface area contributed by atoms with Crippen LogP contribution in [0, 0.1) is 5.92 Å². The zero-order chi connectivity index (χ0) is 17.7. The first kappa shape index (κ1) is 18.0. The van der Waals surface area contributed by atoms with E-state index in [2.05, 4.69) is 18.8 Å². The number of methoxy groups -OCH3 is 1. The van der Waals surface area contributed by atoms with Crippen LogP contribution in [0.15, 0.2) is 48.4 Å². The van der Waals surface area contributed by atoms with Crippen LogP contribution in [0.25, 0.3) is 0 Å². The second-order valence-electron chi connectivity index (χ2n) is 6.02. The fourth-order valence-corrected chi connectivity index (χ4v) is 2.72. The van der Waals surface area contributed by atoms with E-state index in [9.17, 15) is 14.7 Å². The first-order valence-corrected chi connectivity index (χ1v) is 7.99. The fourth-order valence-electron chi connectivity index (χ4n) is 2.72. The van der Waals surface area contributed by atoms with Crippen molar-refractivity contribution in [3.8, 4) is 0 Å². The largest absolute Gasteiger partial charge is 0.499 e. The normalized spacial score (nSPS) is 27.0. The van der Waals surface area contributed by atoms with Crippen LogP contribution < -0.4 is 5.32 Å². The molecule has 2 N–H and O–H groups in total. The average Bonchev–Trinajstić information content (AvgIpc) is 2.89. The first-order valence-electron chi connectivity index (χ1n) is 7.99. The molecule has 130 valence electrons. The van der Waals surface area contributed by atoms with Gasteiger partial charge >= 0.3 is 0 Å². The van der Waals surface area contributed by atoms with Gasteiger partial charge in [-0.1, -0.05) is 31.7 Å². The van der Waals surface area contributed by atoms with Crippen molar-refractivity contribution in [3.05, 3.63) is 48.4 Å². The number of nitrogens with one attached hydrogen (secondary N) is 1. The van der Waals surface area contributed by atoms with Crippen LogP contribution in [-0.2, 0) is 14.3 Å². The van der Waals surface area contributed by atoms with Gasteiger partial charge in [0.2, 0.25) is 5.60 Å². The van der Waals surface area contributed by atoms with E-state index < -0.39 is 17.4 Å². The van der Waals surface area contributed by atoms with Gasteiger partial charge in [-0.3, -0.25) is 9.59 Å². The maximum atomic E-state index is 12.6. The van der Waals surface area contributed by atoms with Crippen molar-refractivity contribution in [3.63, 3.8) is 0 Å². The molecule has 0 saturated carbocycles. The van der Waals surface area contributed by atoms with Gasteiger partial charge in [-0.2, -0.15) is 0 Å². The van der Waals surface area contributed by atoms with Crippen molar-refractivity contribution in [1.82, 2.24) is 10.2 Å². The van der Waals surface area contributed by atoms with Crippen molar-refractivity contribution in [2.75, 3.05) is 20.2 Å². The number of likely N-dealkylation sites (tertiary alicyclic amines) is 1. The van der Waals surface area contributed by atoms with E-state index in [1.54, 1.807) is 6.08 Å². The lowest BCUT2D eigenvalue weighted by molar-refractivity contribution is -0.153. The summed E-state index contributed by atoms with van der Waals surface area (Å²) < 4.78 is 5.07. The highest BCUT2D eigenvalue weighted by Gasteiger charge is 2.51. The van der Waals surface area contributed by atoms with E-state index in [-0.39, 0.29) is 13.0 Å². The standard InChI is InChI=1S/C18H24N2O4/c1-4-5-15(24-3)12-19-16(21)18(23)10-11-20(17(18)22)14-8-6-13(2)7-9-14/h4-6,8-9,13,23H,1,7,10-12H2,2-3H3,(H,19,21)/b15-5-. The lowest BCUT2D eigenvalue weighted by atomic mass is 10.00. The summed E-state index contributed by atoms with van der Waals surface area (Å²) in [6.45, 7) is 6.03. The minimum atomic E-state index is -2.04. The number of hydrogen-bond acceptors (Lipinski definition) is 4. The van der Waals surface area contributed by atoms with Gasteiger partial charge in [0.05, 0.1) is 13.7 Å². The van der Waals surface area contributed by atoms with Gasteiger partial charge in [0, 0.05) is 18.7 Å². The zero-order valence-electron chi connectivity index (χ0n) is 14.1. The molecule has 6 heteroatoms. The number of nitrogens with zero attached hydrogens (tertiary/aromatic N) is 1. The quantitative estimate of drug-likeness (QED) is 0.436. The Morgan fingerprint density at radius 1 is 1.62 bits per heavy atom. The van der Waals surface area contributed by atoms with Crippen molar-refractivity contribution in [2.24, 2.45) is 5.92 Å². The molecule has 2 atom stereocenters. The molecular weight excluding hydrogens is 308 g/mol. The van der Waals surface area contributed by atoms with Gasteiger partial charge in [-0.15, -0.1) is 0 Å². The average molecular weight is 332 g/mol. The third kappa shape index (κ3) is 3.59. The number of amides is 2. The van der Waals surface area contributed by atoms with Crippen LogP contribution in [0.5, 0.6) is 0 Å². The van der Waals surface area contributed by atoms with Gasteiger partial charge in [-0.25, -0.2) is 0 Å². The summed E-state index contributed by atoms with van der Waals surface area (Å²) >= 11 is 0. The van der Waals surface area contributed by atoms with E-state index in [0.29, 0.717) is 18.2 Å². The number of allylic oxidation sites excluding steroid dienone is 5. The molecule has 0 radical (unpaired) electrons. The number of rotatable bonds is 6. The Morgan fingerprint density at radius 2 is 2.38 bits per heavy atom. The molecular formula is C18H24N2O4. The molecule has 1 aliphatic carbocycles. The second kappa shape index (κ2) is 7.49. The van der Waals surface area contributed by atoms with Gasteiger partial charge in [-0.05, 0) is 24.5 Å². The van der Waals surface area contributed by atoms with Crippen LogP contribution in [0.3, 0.4) is 0 Å². The monoisotopic (exact) mass is 332 g/mol. The third-order valence-corrected chi connectivity index (χ3v) is 4.27. The van der Waals surface area contributed by atoms with Crippen LogP contribution >= 0.6 is 0 Å². The van der Waals surface area contributed by atoms with E-state index in [4.69, 9.17) is 4.74 Å². The highest BCUT2D eigenvalue weighted by molar-refractivity contribution is 6.10. The van der Waals surface area contributed by atoms with Crippen LogP contribution in [0.4, 0.5) is 0 Å². The Kier molecular flexibility index (Phi) is 5.62. The summed E-state index contributed by atoms with van der Waals surface area (Å²) in [7, 11) is 1.47. The molecule has 24 heavy (non-hydrogen) atoms. The van der Waals surface area contributed by atoms with E-state index in [1.807, 2.05) is 18.2 Å². The second-order valence-corrected chi connectivity index (χ2v) is 6.02. The van der Waals surface area contributed by atoms with Crippen molar-refractivity contribution < 1.29 is 19.4 Å². The van der Waals surface area contributed by atoms with Gasteiger partial charge in [0.1, 0.15) is 5.76 Å². The maximum Gasteiger partial charge on any atom is 0.268 e. The van der Waals surface area contributed by atoms with Gasteiger partial charge in [0.15, 0.2) is 0 Å². The molecule has 2 aliphatic rings. The summed E-state index contributed by atoms with van der Waals surface area (Å²) in [5.74, 6) is -0.387. The number of hydrogen-bond donors (Lipinski definition) is 2. The molecule has 1 fully saturated rings. The van der Waals surface area contributed by atoms with Crippen LogP contribution in [0.1, 0.15) is 19.8 Å². The minimum absolute atomic E-state index is 0.0614. The molecule has 2 rings (SSSR count). The summed E-state index contributed by atoms with van der Waals surface area (Å²) in [4.78, 5) is 26.4. The predicted molar refractivity (Wildman–Crippen MR) is 90.6 cm³/mol. The molecule has 6 nitrogen and oxygen atoms in total. The molecule has 2 amide bonds. The minimum Gasteiger partial charge on any atom is -0.499 e. The highest BCUT2D eigenvalue weighted by atomic mass is 16.5. The lowest BCUT2D eigenvalue weighted by Gasteiger charge is -2.24. The molecule has 2 unspecified atom stereocenters. The number of carbonyl (C=O) groups is 2. The number of aliphatic hydroxyl groups is 1. The maximum absolute atomic E-state index is 12.6. The molecule has 0 spiro atoms. The third-order valence-electron chi connectivity index (χ3n) is 4.27. The first-order chi connectivity index (χ1) is 11.4. The Bertz CT molecular complexity index is 621. The van der Waals surface area contributed by atoms with Crippen molar-refractivity contribution in [1.29, 1.82) is 0 Å². The number of ether oxygens (including phenoxy) is 1. The predicted octanol–water partition coefficient (Wildman–Crippen LogP) is 1.26. The molecule has 0 aromatic carbocycles. The Balaban J connectivity index is 2.04. The molecule has 0 aromatic rings. The van der Waals surface area contributed by atoms with Crippen LogP contribution in [-0.4, -0.2) is 47.6 Å². The molecule has 1 aliphatic heterocycles. The van der Waals surface area contributed by atoms with E-state index >= 15 is 0 Å². The van der Waals surface area contributed by atoms with Crippen LogP contribution in [0.2, 0.25) is 0 Å². The topological polar surface area (TPSA) is 78.9 Å². The molecule has 0 aromatic heterocycles. The van der Waals surface area contributed by atoms with Crippen molar-refractivity contribution in [2.45, 2.75) is 25.4 Å². The Morgan fingerprint density at radius 3 is 2.96 bits per heavy atom. The Hall–Kier alpha value is -2.34. The molecule has 1 heterocycles. The fraction of sp³-hybridized carbons (Fsp3) is 0.444. The Labute approximate surface area is 142 Å². The molecule has 0 bridgehead atoms.